The number of nitrogen functional groups attached to an aromatic ring is 2. The molecule has 0 heterocycles. The molecule has 7 aromatic rings. The summed E-state index contributed by atoms with van der Waals surface area (Å²) >= 11 is 0. The number of hydrogen-bond acceptors (Lipinski definition) is 2. The fourth-order valence-electron chi connectivity index (χ4n) is 5.47. The molecule has 0 saturated heterocycles. The van der Waals surface area contributed by atoms with Crippen molar-refractivity contribution in [2.45, 2.75) is 0 Å². The summed E-state index contributed by atoms with van der Waals surface area (Å²) in [5, 5.41) is 9.92. The third-order valence-corrected chi connectivity index (χ3v) is 7.30. The zero-order valence-electron chi connectivity index (χ0n) is 19.7. The maximum atomic E-state index is 6.34. The van der Waals surface area contributed by atoms with Gasteiger partial charge in [-0.15, -0.1) is 0 Å². The molecule has 0 radical (unpaired) electrons. The Balaban J connectivity index is 1.57. The third-order valence-electron chi connectivity index (χ3n) is 7.30. The van der Waals surface area contributed by atoms with Gasteiger partial charge in [0.05, 0.1) is 11.4 Å². The summed E-state index contributed by atoms with van der Waals surface area (Å²) < 4.78 is 0. The van der Waals surface area contributed by atoms with Crippen molar-refractivity contribution in [2.75, 3.05) is 11.5 Å². The Bertz CT molecular complexity index is 1950. The highest BCUT2D eigenvalue weighted by Crippen LogP contribution is 2.41. The number of hydrogen-bond donors (Lipinski definition) is 2. The maximum Gasteiger partial charge on any atom is 0.0554 e. The Morgan fingerprint density at radius 1 is 0.333 bits per heavy atom. The summed E-state index contributed by atoms with van der Waals surface area (Å²) in [6.45, 7) is 0. The molecular weight excluding hydrogens is 436 g/mol. The molecule has 2 heteroatoms. The molecule has 0 aliphatic rings. The van der Waals surface area contributed by atoms with Gasteiger partial charge in [-0.2, -0.15) is 0 Å². The van der Waals surface area contributed by atoms with Crippen LogP contribution < -0.4 is 11.5 Å². The molecule has 36 heavy (non-hydrogen) atoms. The molecule has 4 N–H and O–H groups in total. The highest BCUT2D eigenvalue weighted by molar-refractivity contribution is 6.17. The summed E-state index contributed by atoms with van der Waals surface area (Å²) in [7, 11) is 0. The minimum Gasteiger partial charge on any atom is -0.397 e. The molecule has 0 aliphatic heterocycles. The van der Waals surface area contributed by atoms with Crippen molar-refractivity contribution in [3.05, 3.63) is 121 Å². The molecule has 0 saturated carbocycles. The molecular formula is C34H24N2. The summed E-state index contributed by atoms with van der Waals surface area (Å²) in [5.74, 6) is 0. The Morgan fingerprint density at radius 2 is 0.889 bits per heavy atom. The highest BCUT2D eigenvalue weighted by Gasteiger charge is 2.14. The maximum absolute atomic E-state index is 6.34. The van der Waals surface area contributed by atoms with Gasteiger partial charge in [-0.3, -0.25) is 0 Å². The van der Waals surface area contributed by atoms with E-state index in [2.05, 4.69) is 103 Å². The number of nitrogens with two attached hydrogens (primary N) is 2. The van der Waals surface area contributed by atoms with Gasteiger partial charge in [-0.1, -0.05) is 84.9 Å². The quantitative estimate of drug-likeness (QED) is 0.154. The predicted octanol–water partition coefficient (Wildman–Crippen LogP) is 8.80. The van der Waals surface area contributed by atoms with E-state index in [1.54, 1.807) is 0 Å². The van der Waals surface area contributed by atoms with E-state index in [0.717, 1.165) is 22.3 Å². The van der Waals surface area contributed by atoms with Gasteiger partial charge in [0.15, 0.2) is 0 Å². The highest BCUT2D eigenvalue weighted by atomic mass is 14.7. The summed E-state index contributed by atoms with van der Waals surface area (Å²) in [5.41, 5.74) is 18.3. The Hall–Kier alpha value is -4.82. The van der Waals surface area contributed by atoms with Crippen LogP contribution in [0.1, 0.15) is 0 Å². The summed E-state index contributed by atoms with van der Waals surface area (Å²) in [6, 6.07) is 43.2. The van der Waals surface area contributed by atoms with Gasteiger partial charge in [0.2, 0.25) is 0 Å². The van der Waals surface area contributed by atoms with Crippen molar-refractivity contribution in [3.63, 3.8) is 0 Å². The Labute approximate surface area is 209 Å². The average Bonchev–Trinajstić information content (AvgIpc) is 2.92. The monoisotopic (exact) mass is 460 g/mol. The lowest BCUT2D eigenvalue weighted by molar-refractivity contribution is 1.59. The van der Waals surface area contributed by atoms with Crippen LogP contribution >= 0.6 is 0 Å². The molecule has 170 valence electrons. The molecule has 0 amide bonds. The first kappa shape index (κ1) is 20.5. The summed E-state index contributed by atoms with van der Waals surface area (Å²) in [6.07, 6.45) is 0. The van der Waals surface area contributed by atoms with Gasteiger partial charge in [0, 0.05) is 0 Å². The van der Waals surface area contributed by atoms with Crippen LogP contribution in [-0.2, 0) is 0 Å². The average molecular weight is 461 g/mol. The first-order valence-corrected chi connectivity index (χ1v) is 12.2. The molecule has 0 aromatic heterocycles. The van der Waals surface area contributed by atoms with Crippen LogP contribution in [0, 0.1) is 0 Å². The van der Waals surface area contributed by atoms with E-state index in [0.29, 0.717) is 11.4 Å². The van der Waals surface area contributed by atoms with E-state index >= 15 is 0 Å². The van der Waals surface area contributed by atoms with Crippen LogP contribution in [0.2, 0.25) is 0 Å². The van der Waals surface area contributed by atoms with Gasteiger partial charge >= 0.3 is 0 Å². The van der Waals surface area contributed by atoms with Crippen LogP contribution in [0.3, 0.4) is 0 Å². The molecule has 0 atom stereocenters. The molecule has 0 aliphatic carbocycles. The molecule has 2 nitrogen and oxygen atoms in total. The molecule has 0 unspecified atom stereocenters. The normalized spacial score (nSPS) is 11.6. The van der Waals surface area contributed by atoms with Crippen molar-refractivity contribution in [1.29, 1.82) is 0 Å². The second-order valence-corrected chi connectivity index (χ2v) is 9.48. The van der Waals surface area contributed by atoms with Gasteiger partial charge in [0.25, 0.3) is 0 Å². The second kappa shape index (κ2) is 7.86. The van der Waals surface area contributed by atoms with Crippen LogP contribution in [-0.4, -0.2) is 0 Å². The van der Waals surface area contributed by atoms with E-state index in [4.69, 9.17) is 11.5 Å². The molecule has 0 fully saturated rings. The zero-order valence-corrected chi connectivity index (χ0v) is 19.7. The minimum absolute atomic E-state index is 0.597. The lowest BCUT2D eigenvalue weighted by Gasteiger charge is -2.16. The number of benzene rings is 7. The van der Waals surface area contributed by atoms with E-state index < -0.39 is 0 Å². The molecule has 7 aromatic carbocycles. The van der Waals surface area contributed by atoms with E-state index in [9.17, 15) is 0 Å². The number of fused-ring (bicyclic) bond motifs is 5. The van der Waals surface area contributed by atoms with Crippen molar-refractivity contribution in [2.24, 2.45) is 0 Å². The van der Waals surface area contributed by atoms with E-state index in [1.165, 1.54) is 43.1 Å². The van der Waals surface area contributed by atoms with Crippen molar-refractivity contribution >= 4 is 54.5 Å². The Kier molecular flexibility index (Phi) is 4.49. The van der Waals surface area contributed by atoms with Crippen molar-refractivity contribution in [1.82, 2.24) is 0 Å². The predicted molar refractivity (Wildman–Crippen MR) is 156 cm³/mol. The lowest BCUT2D eigenvalue weighted by Crippen LogP contribution is -1.97. The minimum atomic E-state index is 0.597. The van der Waals surface area contributed by atoms with Gasteiger partial charge in [-0.25, -0.2) is 0 Å². The first-order chi connectivity index (χ1) is 17.7. The lowest BCUT2D eigenvalue weighted by atomic mass is 9.89. The van der Waals surface area contributed by atoms with Gasteiger partial charge in [0.1, 0.15) is 0 Å². The number of rotatable bonds is 2. The fourth-order valence-corrected chi connectivity index (χ4v) is 5.47. The van der Waals surface area contributed by atoms with Crippen LogP contribution in [0.15, 0.2) is 121 Å². The van der Waals surface area contributed by atoms with Crippen LogP contribution in [0.4, 0.5) is 11.4 Å². The standard InChI is InChI=1S/C34H24N2/c35-33-19-31(21-7-2-1-3-8-21)32(20-34(33)36)27-12-6-11-24-16-26-14-13-25-15-22-9-4-5-10-23(22)17-28(25)30(26)18-29(24)27/h1-20H,35-36H2. The summed E-state index contributed by atoms with van der Waals surface area (Å²) in [4.78, 5) is 0. The van der Waals surface area contributed by atoms with Gasteiger partial charge < -0.3 is 11.5 Å². The topological polar surface area (TPSA) is 52.0 Å². The zero-order chi connectivity index (χ0) is 24.2. The smallest absolute Gasteiger partial charge is 0.0554 e. The Morgan fingerprint density at radius 3 is 1.64 bits per heavy atom. The SMILES string of the molecule is Nc1cc(-c2ccccc2)c(-c2cccc3cc4ccc5cc6ccccc6cc5c4cc23)cc1N. The van der Waals surface area contributed by atoms with Crippen LogP contribution in [0.5, 0.6) is 0 Å². The first-order valence-electron chi connectivity index (χ1n) is 12.2. The fraction of sp³-hybridized carbons (Fsp3) is 0. The molecule has 0 spiro atoms. The largest absolute Gasteiger partial charge is 0.397 e. The van der Waals surface area contributed by atoms with E-state index in [-0.39, 0.29) is 0 Å². The second-order valence-electron chi connectivity index (χ2n) is 9.48. The van der Waals surface area contributed by atoms with Crippen molar-refractivity contribution < 1.29 is 0 Å². The van der Waals surface area contributed by atoms with Crippen LogP contribution in [0.25, 0.3) is 65.3 Å². The number of anilines is 2. The molecule has 7 rings (SSSR count). The van der Waals surface area contributed by atoms with E-state index in [1.807, 2.05) is 18.2 Å². The third kappa shape index (κ3) is 3.19. The van der Waals surface area contributed by atoms with Crippen molar-refractivity contribution in [3.8, 4) is 22.3 Å². The molecule has 0 bridgehead atoms. The van der Waals surface area contributed by atoms with Gasteiger partial charge in [-0.05, 0) is 102 Å².